The predicted molar refractivity (Wildman–Crippen MR) is 220 cm³/mol. The Balaban J connectivity index is -0.000000225. The first-order valence-corrected chi connectivity index (χ1v) is 18.5. The molecule has 14 heteroatoms. The molecule has 0 aromatic heterocycles. The van der Waals surface area contributed by atoms with E-state index >= 15 is 0 Å². The maximum Gasteiger partial charge on any atom is 0.234 e. The van der Waals surface area contributed by atoms with Crippen LogP contribution in [0.2, 0.25) is 0 Å². The summed E-state index contributed by atoms with van der Waals surface area (Å²) in [6.07, 6.45) is 1.25. The van der Waals surface area contributed by atoms with Crippen molar-refractivity contribution in [1.29, 1.82) is 0 Å². The molecule has 0 bridgehead atoms. The fraction of sp³-hybridized carbons (Fsp3) is 0.947. The number of ether oxygens (including phenoxy) is 9. The van der Waals surface area contributed by atoms with Crippen LogP contribution in [0, 0.1) is 0 Å². The van der Waals surface area contributed by atoms with Crippen molar-refractivity contribution in [2.24, 2.45) is 0 Å². The Labute approximate surface area is 324 Å². The number of nitrogens with one attached hydrogen (secondary N) is 2. The minimum Gasteiger partial charge on any atom is -0.379 e. The first-order chi connectivity index (χ1) is 24.0. The number of amides is 2. The van der Waals surface area contributed by atoms with Crippen LogP contribution in [0.5, 0.6) is 0 Å². The first-order valence-electron chi connectivity index (χ1n) is 18.5. The highest BCUT2D eigenvalue weighted by atomic mass is 16.6. The van der Waals surface area contributed by atoms with Gasteiger partial charge in [0.25, 0.3) is 0 Å². The molecular formula is C38H93N3O11. The standard InChI is InChI=1S/C28H57N3O11.C3H8.2C2H6.3CH4.2H2/c1-4-34-13-16-40-22-19-37-10-7-29-27(32)25-31(9-12-39-21-24-42-18-15-36-6-3)26-28(33)30-8-11-38-20-23-41-17-14-35-5-2;1-3-2;2*1-2;;;;;/h4-26H2,1-3H3,(H,29,32)(H,30,33);3H2,1-2H3;2*1-2H3;3*1H4;2*1H. The summed E-state index contributed by atoms with van der Waals surface area (Å²) in [5, 5.41) is 5.64. The lowest BCUT2D eigenvalue weighted by Gasteiger charge is -2.21. The van der Waals surface area contributed by atoms with Gasteiger partial charge in [-0.25, -0.2) is 0 Å². The Morgan fingerprint density at radius 3 is 0.923 bits per heavy atom. The van der Waals surface area contributed by atoms with Crippen molar-refractivity contribution in [3.05, 3.63) is 0 Å². The molecule has 52 heavy (non-hydrogen) atoms. The van der Waals surface area contributed by atoms with E-state index in [0.717, 1.165) is 0 Å². The molecule has 0 aliphatic rings. The summed E-state index contributed by atoms with van der Waals surface area (Å²) in [7, 11) is 0. The smallest absolute Gasteiger partial charge is 0.234 e. The highest BCUT2D eigenvalue weighted by Gasteiger charge is 2.14. The van der Waals surface area contributed by atoms with Gasteiger partial charge in [-0.15, -0.1) is 0 Å². The van der Waals surface area contributed by atoms with Gasteiger partial charge in [0.05, 0.1) is 112 Å². The Hall–Kier alpha value is -1.46. The van der Waals surface area contributed by atoms with E-state index in [-0.39, 0.29) is 50.0 Å². The summed E-state index contributed by atoms with van der Waals surface area (Å²) in [4.78, 5) is 26.7. The van der Waals surface area contributed by atoms with Crippen LogP contribution < -0.4 is 10.6 Å². The SMILES string of the molecule is C.C.C.CC.CC.CCC.CCOCCOCCOCCNC(=O)CN(CCOCCOCCOCC)CC(=O)NCCOCCOCCOCC.[HH].[HH]. The zero-order valence-corrected chi connectivity index (χ0v) is 32.9. The molecule has 14 nitrogen and oxygen atoms in total. The summed E-state index contributed by atoms with van der Waals surface area (Å²) in [6.45, 7) is 28.3. The molecule has 0 radical (unpaired) electrons. The fourth-order valence-electron chi connectivity index (χ4n) is 3.20. The third kappa shape index (κ3) is 63.6. The second kappa shape index (κ2) is 64.5. The van der Waals surface area contributed by atoms with Crippen molar-refractivity contribution in [2.75, 3.05) is 152 Å². The third-order valence-electron chi connectivity index (χ3n) is 5.27. The van der Waals surface area contributed by atoms with E-state index in [0.29, 0.717) is 139 Å². The van der Waals surface area contributed by atoms with E-state index < -0.39 is 0 Å². The number of carbonyl (C=O) groups excluding carboxylic acids is 2. The Kier molecular flexibility index (Phi) is 81.2. The molecule has 0 aliphatic heterocycles. The van der Waals surface area contributed by atoms with Gasteiger partial charge in [0.2, 0.25) is 11.8 Å². The molecule has 0 aliphatic carbocycles. The number of carbonyl (C=O) groups is 2. The summed E-state index contributed by atoms with van der Waals surface area (Å²) in [5.74, 6) is -0.405. The van der Waals surface area contributed by atoms with E-state index in [2.05, 4.69) is 24.5 Å². The summed E-state index contributed by atoms with van der Waals surface area (Å²) >= 11 is 0. The molecule has 0 fully saturated rings. The lowest BCUT2D eigenvalue weighted by Crippen LogP contribution is -2.45. The molecule has 0 aromatic carbocycles. The topological polar surface area (TPSA) is 145 Å². The molecule has 2 N–H and O–H groups in total. The highest BCUT2D eigenvalue weighted by Crippen LogP contribution is 1.92. The van der Waals surface area contributed by atoms with Gasteiger partial charge in [-0.1, -0.05) is 70.2 Å². The molecule has 326 valence electrons. The van der Waals surface area contributed by atoms with Crippen LogP contribution in [0.25, 0.3) is 0 Å². The maximum atomic E-state index is 12.5. The lowest BCUT2D eigenvalue weighted by atomic mass is 10.4. The Morgan fingerprint density at radius 1 is 0.423 bits per heavy atom. The van der Waals surface area contributed by atoms with Gasteiger partial charge in [-0.3, -0.25) is 14.5 Å². The number of hydrogen-bond donors (Lipinski definition) is 2. The Morgan fingerprint density at radius 2 is 0.654 bits per heavy atom. The average Bonchev–Trinajstić information content (AvgIpc) is 3.11. The molecule has 0 rings (SSSR count). The molecule has 0 saturated carbocycles. The van der Waals surface area contributed by atoms with Gasteiger partial charge in [0, 0.05) is 42.3 Å². The van der Waals surface area contributed by atoms with Gasteiger partial charge in [0.1, 0.15) is 0 Å². The second-order valence-electron chi connectivity index (χ2n) is 9.38. The van der Waals surface area contributed by atoms with Crippen molar-refractivity contribution >= 4 is 11.8 Å². The molecule has 2 amide bonds. The van der Waals surface area contributed by atoms with Crippen LogP contribution in [0.1, 0.15) is 93.9 Å². The minimum absolute atomic E-state index is 0. The third-order valence-corrected chi connectivity index (χ3v) is 5.27. The van der Waals surface area contributed by atoms with Crippen molar-refractivity contribution in [2.45, 2.75) is 91.0 Å². The van der Waals surface area contributed by atoms with Gasteiger partial charge in [0.15, 0.2) is 0 Å². The molecule has 0 heterocycles. The van der Waals surface area contributed by atoms with E-state index in [4.69, 9.17) is 42.6 Å². The van der Waals surface area contributed by atoms with Crippen molar-refractivity contribution in [3.8, 4) is 0 Å². The molecular weight excluding hydrogens is 674 g/mol. The van der Waals surface area contributed by atoms with E-state index in [9.17, 15) is 9.59 Å². The van der Waals surface area contributed by atoms with Gasteiger partial charge < -0.3 is 53.3 Å². The van der Waals surface area contributed by atoms with Crippen LogP contribution in [-0.2, 0) is 52.2 Å². The largest absolute Gasteiger partial charge is 0.379 e. The minimum atomic E-state index is -0.203. The number of rotatable bonds is 34. The van der Waals surface area contributed by atoms with Crippen molar-refractivity contribution in [1.82, 2.24) is 15.5 Å². The summed E-state index contributed by atoms with van der Waals surface area (Å²) in [5.41, 5.74) is 0. The van der Waals surface area contributed by atoms with Crippen LogP contribution in [0.4, 0.5) is 0 Å². The monoisotopic (exact) mass is 768 g/mol. The van der Waals surface area contributed by atoms with Crippen LogP contribution in [0.15, 0.2) is 0 Å². The van der Waals surface area contributed by atoms with Crippen molar-refractivity contribution in [3.63, 3.8) is 0 Å². The quantitative estimate of drug-likeness (QED) is 0.0787. The molecule has 0 unspecified atom stereocenters. The first kappa shape index (κ1) is 65.4. The normalized spacial score (nSPS) is 9.73. The van der Waals surface area contributed by atoms with E-state index in [1.54, 1.807) is 4.90 Å². The highest BCUT2D eigenvalue weighted by molar-refractivity contribution is 5.81. The zero-order chi connectivity index (χ0) is 37.5. The Bertz CT molecular complexity index is 585. The van der Waals surface area contributed by atoms with Crippen molar-refractivity contribution < 1.29 is 55.1 Å². The summed E-state index contributed by atoms with van der Waals surface area (Å²) < 4.78 is 48.4. The van der Waals surface area contributed by atoms with Gasteiger partial charge >= 0.3 is 0 Å². The van der Waals surface area contributed by atoms with E-state index in [1.807, 2.05) is 48.5 Å². The summed E-state index contributed by atoms with van der Waals surface area (Å²) in [6, 6.07) is 0. The molecule has 0 aromatic rings. The second-order valence-corrected chi connectivity index (χ2v) is 9.38. The van der Waals surface area contributed by atoms with Crippen LogP contribution >= 0.6 is 0 Å². The predicted octanol–water partition coefficient (Wildman–Crippen LogP) is 5.60. The van der Waals surface area contributed by atoms with Gasteiger partial charge in [-0.05, 0) is 20.8 Å². The number of hydrogen-bond acceptors (Lipinski definition) is 12. The van der Waals surface area contributed by atoms with Crippen LogP contribution in [0.3, 0.4) is 0 Å². The van der Waals surface area contributed by atoms with Gasteiger partial charge in [-0.2, -0.15) is 0 Å². The lowest BCUT2D eigenvalue weighted by molar-refractivity contribution is -0.125. The number of nitrogens with zero attached hydrogens (tertiary/aromatic N) is 1. The maximum absolute atomic E-state index is 12.5. The van der Waals surface area contributed by atoms with E-state index in [1.165, 1.54) is 6.42 Å². The molecule has 0 spiro atoms. The zero-order valence-electron chi connectivity index (χ0n) is 32.9. The molecule has 0 saturated heterocycles. The average molecular weight is 768 g/mol. The molecule has 0 atom stereocenters. The fourth-order valence-corrected chi connectivity index (χ4v) is 3.20. The van der Waals surface area contributed by atoms with Crippen LogP contribution in [-0.4, -0.2) is 168 Å².